The lowest BCUT2D eigenvalue weighted by Crippen LogP contribution is -2.42. The third-order valence-corrected chi connectivity index (χ3v) is 6.08. The Kier molecular flexibility index (Phi) is 8.30. The minimum atomic E-state index is -0.729. The highest BCUT2D eigenvalue weighted by Crippen LogP contribution is 2.23. The smallest absolute Gasteiger partial charge is 0.329 e. The number of ether oxygens (including phenoxy) is 1. The quantitative estimate of drug-likeness (QED) is 0.452. The Morgan fingerprint density at radius 3 is 2.60 bits per heavy atom. The molecule has 0 radical (unpaired) electrons. The maximum absolute atomic E-state index is 12.6. The summed E-state index contributed by atoms with van der Waals surface area (Å²) in [6.07, 6.45) is 2.43. The largest absolute Gasteiger partial charge is 0.458 e. The molecule has 3 rings (SSSR count). The molecule has 2 aromatic carbocycles. The number of amides is 1. The number of rotatable bonds is 9. The predicted molar refractivity (Wildman–Crippen MR) is 123 cm³/mol. The summed E-state index contributed by atoms with van der Waals surface area (Å²) >= 11 is 8.97. The van der Waals surface area contributed by atoms with Gasteiger partial charge >= 0.3 is 5.97 Å². The van der Waals surface area contributed by atoms with E-state index < -0.39 is 12.0 Å². The molecule has 0 aliphatic rings. The van der Waals surface area contributed by atoms with Crippen LogP contribution in [0.1, 0.15) is 22.5 Å². The van der Waals surface area contributed by atoms with E-state index in [0.717, 1.165) is 16.3 Å². The molecule has 8 heteroatoms. The molecule has 1 amide bonds. The first kappa shape index (κ1) is 22.3. The number of thiazole rings is 1. The maximum atomic E-state index is 12.6. The van der Waals surface area contributed by atoms with Crippen molar-refractivity contribution in [3.63, 3.8) is 0 Å². The van der Waals surface area contributed by atoms with Crippen LogP contribution in [-0.2, 0) is 16.1 Å². The molecule has 0 spiro atoms. The van der Waals surface area contributed by atoms with E-state index in [-0.39, 0.29) is 12.5 Å². The van der Waals surface area contributed by atoms with E-state index in [0.29, 0.717) is 22.7 Å². The third-order valence-electron chi connectivity index (χ3n) is 4.24. The minimum absolute atomic E-state index is 0.0642. The molecular weight excluding hydrogens is 440 g/mol. The Hall–Kier alpha value is -2.35. The normalized spacial score (nSPS) is 11.7. The van der Waals surface area contributed by atoms with Crippen molar-refractivity contribution in [2.75, 3.05) is 12.0 Å². The summed E-state index contributed by atoms with van der Waals surface area (Å²) in [5.41, 5.74) is 2.14. The number of aromatic nitrogens is 1. The van der Waals surface area contributed by atoms with Crippen LogP contribution in [0.25, 0.3) is 10.6 Å². The summed E-state index contributed by atoms with van der Waals surface area (Å²) < 4.78 is 5.45. The third kappa shape index (κ3) is 6.32. The van der Waals surface area contributed by atoms with Crippen molar-refractivity contribution in [1.82, 2.24) is 10.3 Å². The fourth-order valence-corrected chi connectivity index (χ4v) is 4.07. The first-order valence-electron chi connectivity index (χ1n) is 9.28. The average molecular weight is 461 g/mol. The molecule has 1 heterocycles. The standard InChI is InChI=1S/C22H21ClN2O3S2/c1-29-12-11-19(25-20(26)15-7-9-17(23)10-8-15)22(27)28-13-18-14-30-21(24-18)16-5-3-2-4-6-16/h2-10,14,19H,11-13H2,1H3,(H,25,26). The van der Waals surface area contributed by atoms with Gasteiger partial charge in [0.1, 0.15) is 17.7 Å². The van der Waals surface area contributed by atoms with Gasteiger partial charge in [-0.25, -0.2) is 9.78 Å². The Labute approximate surface area is 188 Å². The molecule has 0 aliphatic heterocycles. The van der Waals surface area contributed by atoms with E-state index in [2.05, 4.69) is 10.3 Å². The molecule has 0 aliphatic carbocycles. The van der Waals surface area contributed by atoms with Crippen LogP contribution >= 0.6 is 34.7 Å². The van der Waals surface area contributed by atoms with Crippen LogP contribution in [0.2, 0.25) is 5.02 Å². The van der Waals surface area contributed by atoms with E-state index in [1.54, 1.807) is 36.0 Å². The Morgan fingerprint density at radius 1 is 1.17 bits per heavy atom. The van der Waals surface area contributed by atoms with Crippen LogP contribution in [0.3, 0.4) is 0 Å². The fraction of sp³-hybridized carbons (Fsp3) is 0.227. The molecule has 1 unspecified atom stereocenters. The van der Waals surface area contributed by atoms with Gasteiger partial charge in [-0.1, -0.05) is 41.9 Å². The molecule has 0 saturated heterocycles. The van der Waals surface area contributed by atoms with Crippen LogP contribution in [0.4, 0.5) is 0 Å². The monoisotopic (exact) mass is 460 g/mol. The van der Waals surface area contributed by atoms with Gasteiger partial charge in [-0.3, -0.25) is 4.79 Å². The Morgan fingerprint density at radius 2 is 1.90 bits per heavy atom. The molecule has 0 saturated carbocycles. The van der Waals surface area contributed by atoms with E-state index in [9.17, 15) is 9.59 Å². The number of carbonyl (C=O) groups excluding carboxylic acids is 2. The molecule has 0 bridgehead atoms. The van der Waals surface area contributed by atoms with Crippen molar-refractivity contribution in [2.24, 2.45) is 0 Å². The predicted octanol–water partition coefficient (Wildman–Crippen LogP) is 5.06. The Balaban J connectivity index is 1.60. The lowest BCUT2D eigenvalue weighted by molar-refractivity contribution is -0.147. The summed E-state index contributed by atoms with van der Waals surface area (Å²) in [6, 6.07) is 15.6. The highest BCUT2D eigenvalue weighted by atomic mass is 35.5. The number of esters is 1. The van der Waals surface area contributed by atoms with Crippen molar-refractivity contribution in [2.45, 2.75) is 19.1 Å². The summed E-state index contributed by atoms with van der Waals surface area (Å²) in [5, 5.41) is 6.06. The van der Waals surface area contributed by atoms with Gasteiger partial charge in [0.05, 0.1) is 5.69 Å². The van der Waals surface area contributed by atoms with Gasteiger partial charge in [0.2, 0.25) is 0 Å². The number of nitrogens with zero attached hydrogens (tertiary/aromatic N) is 1. The summed E-state index contributed by atoms with van der Waals surface area (Å²) in [5.74, 6) is -0.0921. The topological polar surface area (TPSA) is 68.3 Å². The van der Waals surface area contributed by atoms with Crippen LogP contribution in [0, 0.1) is 0 Å². The molecule has 0 fully saturated rings. The number of benzene rings is 2. The molecule has 30 heavy (non-hydrogen) atoms. The zero-order valence-electron chi connectivity index (χ0n) is 16.3. The van der Waals surface area contributed by atoms with Gasteiger partial charge < -0.3 is 10.1 Å². The van der Waals surface area contributed by atoms with E-state index >= 15 is 0 Å². The fourth-order valence-electron chi connectivity index (χ4n) is 2.66. The van der Waals surface area contributed by atoms with Crippen molar-refractivity contribution in [1.29, 1.82) is 0 Å². The van der Waals surface area contributed by atoms with Crippen molar-refractivity contribution in [3.05, 3.63) is 76.3 Å². The van der Waals surface area contributed by atoms with Gasteiger partial charge in [-0.15, -0.1) is 11.3 Å². The zero-order valence-corrected chi connectivity index (χ0v) is 18.7. The number of thioether (sulfide) groups is 1. The van der Waals surface area contributed by atoms with Crippen LogP contribution < -0.4 is 5.32 Å². The first-order chi connectivity index (χ1) is 14.6. The zero-order chi connectivity index (χ0) is 21.3. The van der Waals surface area contributed by atoms with Crippen LogP contribution in [0.5, 0.6) is 0 Å². The van der Waals surface area contributed by atoms with Gasteiger partial charge in [0.15, 0.2) is 0 Å². The average Bonchev–Trinajstić information content (AvgIpc) is 3.25. The molecular formula is C22H21ClN2O3S2. The second-order valence-corrected chi connectivity index (χ2v) is 8.71. The van der Waals surface area contributed by atoms with Crippen molar-refractivity contribution < 1.29 is 14.3 Å². The number of nitrogens with one attached hydrogen (secondary N) is 1. The summed E-state index contributed by atoms with van der Waals surface area (Å²) in [6.45, 7) is 0.0642. The molecule has 3 aromatic rings. The second-order valence-electron chi connectivity index (χ2n) is 6.43. The number of carbonyl (C=O) groups is 2. The number of hydrogen-bond donors (Lipinski definition) is 1. The summed E-state index contributed by atoms with van der Waals surface area (Å²) in [4.78, 5) is 29.6. The molecule has 1 atom stereocenters. The molecule has 1 aromatic heterocycles. The second kappa shape index (κ2) is 11.2. The highest BCUT2D eigenvalue weighted by Gasteiger charge is 2.23. The van der Waals surface area contributed by atoms with Crippen LogP contribution in [0.15, 0.2) is 60.0 Å². The van der Waals surface area contributed by atoms with E-state index in [1.165, 1.54) is 11.3 Å². The van der Waals surface area contributed by atoms with Crippen LogP contribution in [-0.4, -0.2) is 34.9 Å². The maximum Gasteiger partial charge on any atom is 0.329 e. The van der Waals surface area contributed by atoms with E-state index in [1.807, 2.05) is 42.0 Å². The van der Waals surface area contributed by atoms with E-state index in [4.69, 9.17) is 16.3 Å². The van der Waals surface area contributed by atoms with Gasteiger partial charge in [0.25, 0.3) is 5.91 Å². The van der Waals surface area contributed by atoms with Gasteiger partial charge in [-0.2, -0.15) is 11.8 Å². The number of halogens is 1. The molecule has 156 valence electrons. The van der Waals surface area contributed by atoms with Crippen molar-refractivity contribution >= 4 is 46.6 Å². The highest BCUT2D eigenvalue weighted by molar-refractivity contribution is 7.98. The lowest BCUT2D eigenvalue weighted by Gasteiger charge is -2.17. The molecule has 5 nitrogen and oxygen atoms in total. The lowest BCUT2D eigenvalue weighted by atomic mass is 10.1. The van der Waals surface area contributed by atoms with Gasteiger partial charge in [-0.05, 0) is 42.7 Å². The number of hydrogen-bond acceptors (Lipinski definition) is 6. The van der Waals surface area contributed by atoms with Gasteiger partial charge in [0, 0.05) is 21.5 Å². The SMILES string of the molecule is CSCCC(NC(=O)c1ccc(Cl)cc1)C(=O)OCc1csc(-c2ccccc2)n1. The first-order valence-corrected chi connectivity index (χ1v) is 11.9. The summed E-state index contributed by atoms with van der Waals surface area (Å²) in [7, 11) is 0. The molecule has 1 N–H and O–H groups in total. The Bertz CT molecular complexity index is 978. The minimum Gasteiger partial charge on any atom is -0.458 e. The van der Waals surface area contributed by atoms with Crippen molar-refractivity contribution in [3.8, 4) is 10.6 Å².